The van der Waals surface area contributed by atoms with Crippen LogP contribution in [0.3, 0.4) is 0 Å². The summed E-state index contributed by atoms with van der Waals surface area (Å²) in [6, 6.07) is 7.65. The molecule has 0 aliphatic rings. The summed E-state index contributed by atoms with van der Waals surface area (Å²) >= 11 is 0. The van der Waals surface area contributed by atoms with Crippen LogP contribution in [0.2, 0.25) is 0 Å². The molecule has 3 aromatic rings. The molecule has 0 bridgehead atoms. The first-order chi connectivity index (χ1) is 10.3. The van der Waals surface area contributed by atoms with E-state index in [1.165, 1.54) is 6.33 Å². The van der Waals surface area contributed by atoms with Gasteiger partial charge in [-0.25, -0.2) is 4.98 Å². The van der Waals surface area contributed by atoms with Crippen molar-refractivity contribution in [1.82, 2.24) is 29.8 Å². The Kier molecular flexibility index (Phi) is 4.02. The molecule has 0 aliphatic heterocycles. The first kappa shape index (κ1) is 13.4. The van der Waals surface area contributed by atoms with Crippen LogP contribution in [0.15, 0.2) is 47.6 Å². The first-order valence-corrected chi connectivity index (χ1v) is 6.69. The van der Waals surface area contributed by atoms with Gasteiger partial charge in [-0.05, 0) is 19.2 Å². The minimum Gasteiger partial charge on any atom is -0.359 e. The molecule has 3 heterocycles. The Morgan fingerprint density at radius 2 is 2.24 bits per heavy atom. The second-order valence-electron chi connectivity index (χ2n) is 4.79. The molecule has 0 radical (unpaired) electrons. The number of hydrogen-bond donors (Lipinski definition) is 0. The maximum Gasteiger partial charge on any atom is 0.151 e. The van der Waals surface area contributed by atoms with Crippen molar-refractivity contribution in [3.05, 3.63) is 48.9 Å². The van der Waals surface area contributed by atoms with Crippen molar-refractivity contribution in [2.24, 2.45) is 0 Å². The van der Waals surface area contributed by atoms with Gasteiger partial charge in [-0.2, -0.15) is 5.10 Å². The Balaban J connectivity index is 1.57. The van der Waals surface area contributed by atoms with Gasteiger partial charge in [0.2, 0.25) is 0 Å². The predicted molar refractivity (Wildman–Crippen MR) is 76.1 cm³/mol. The number of likely N-dealkylation sites (N-methyl/N-ethyl adjacent to an activating group) is 1. The van der Waals surface area contributed by atoms with Crippen LogP contribution in [0.25, 0.3) is 11.4 Å². The normalized spacial score (nSPS) is 11.1. The molecule has 21 heavy (non-hydrogen) atoms. The van der Waals surface area contributed by atoms with E-state index in [1.54, 1.807) is 17.2 Å². The van der Waals surface area contributed by atoms with E-state index in [2.05, 4.69) is 25.1 Å². The van der Waals surface area contributed by atoms with Crippen molar-refractivity contribution >= 4 is 0 Å². The molecule has 108 valence electrons. The van der Waals surface area contributed by atoms with Gasteiger partial charge in [-0.15, -0.1) is 0 Å². The Morgan fingerprint density at radius 1 is 1.29 bits per heavy atom. The third-order valence-corrected chi connectivity index (χ3v) is 3.09. The number of aromatic nitrogens is 5. The standard InChI is InChI=1S/C14H16N6O/c1-19(6-7-20-11-15-10-17-20)9-12-8-14(18-21-12)13-4-2-3-5-16-13/h2-5,8,10-11H,6-7,9H2,1H3. The summed E-state index contributed by atoms with van der Waals surface area (Å²) in [7, 11) is 2.03. The van der Waals surface area contributed by atoms with Crippen LogP contribution < -0.4 is 0 Å². The summed E-state index contributed by atoms with van der Waals surface area (Å²) in [5, 5.41) is 8.13. The summed E-state index contributed by atoms with van der Waals surface area (Å²) in [6.45, 7) is 2.33. The second-order valence-corrected chi connectivity index (χ2v) is 4.79. The smallest absolute Gasteiger partial charge is 0.151 e. The van der Waals surface area contributed by atoms with E-state index in [1.807, 2.05) is 31.3 Å². The molecule has 7 nitrogen and oxygen atoms in total. The summed E-state index contributed by atoms with van der Waals surface area (Å²) in [4.78, 5) is 10.3. The van der Waals surface area contributed by atoms with E-state index in [-0.39, 0.29) is 0 Å². The molecule has 0 saturated carbocycles. The number of rotatable bonds is 6. The number of pyridine rings is 1. The molecule has 0 N–H and O–H groups in total. The van der Waals surface area contributed by atoms with Gasteiger partial charge in [0.05, 0.1) is 18.8 Å². The van der Waals surface area contributed by atoms with Crippen molar-refractivity contribution < 1.29 is 4.52 Å². The van der Waals surface area contributed by atoms with Gasteiger partial charge in [0.15, 0.2) is 5.76 Å². The van der Waals surface area contributed by atoms with E-state index in [0.29, 0.717) is 6.54 Å². The van der Waals surface area contributed by atoms with Crippen LogP contribution in [-0.4, -0.2) is 43.4 Å². The molecule has 7 heteroatoms. The van der Waals surface area contributed by atoms with Crippen molar-refractivity contribution in [3.63, 3.8) is 0 Å². The summed E-state index contributed by atoms with van der Waals surface area (Å²) in [6.07, 6.45) is 4.99. The van der Waals surface area contributed by atoms with Crippen LogP contribution in [-0.2, 0) is 13.1 Å². The molecule has 0 aliphatic carbocycles. The van der Waals surface area contributed by atoms with Crippen LogP contribution in [0.5, 0.6) is 0 Å². The van der Waals surface area contributed by atoms with Crippen LogP contribution >= 0.6 is 0 Å². The summed E-state index contributed by atoms with van der Waals surface area (Å²) in [5.41, 5.74) is 1.58. The monoisotopic (exact) mass is 284 g/mol. The van der Waals surface area contributed by atoms with Gasteiger partial charge in [0.1, 0.15) is 18.3 Å². The van der Waals surface area contributed by atoms with Gasteiger partial charge < -0.3 is 4.52 Å². The van der Waals surface area contributed by atoms with Gasteiger partial charge in [-0.1, -0.05) is 11.2 Å². The van der Waals surface area contributed by atoms with E-state index in [0.717, 1.165) is 30.2 Å². The topological polar surface area (TPSA) is 72.9 Å². The lowest BCUT2D eigenvalue weighted by Gasteiger charge is -2.13. The predicted octanol–water partition coefficient (Wildman–Crippen LogP) is 1.46. The molecular weight excluding hydrogens is 268 g/mol. The zero-order chi connectivity index (χ0) is 14.5. The van der Waals surface area contributed by atoms with E-state index >= 15 is 0 Å². The molecule has 0 aromatic carbocycles. The molecule has 0 fully saturated rings. The highest BCUT2D eigenvalue weighted by atomic mass is 16.5. The van der Waals surface area contributed by atoms with Crippen molar-refractivity contribution in [2.75, 3.05) is 13.6 Å². The molecule has 0 saturated heterocycles. The highest BCUT2D eigenvalue weighted by Gasteiger charge is 2.09. The average molecular weight is 284 g/mol. The maximum atomic E-state index is 5.36. The average Bonchev–Trinajstić information content (AvgIpc) is 3.17. The molecule has 3 aromatic heterocycles. The Hall–Kier alpha value is -2.54. The van der Waals surface area contributed by atoms with Gasteiger partial charge in [-0.3, -0.25) is 14.6 Å². The largest absolute Gasteiger partial charge is 0.359 e. The van der Waals surface area contributed by atoms with E-state index in [9.17, 15) is 0 Å². The Bertz CT molecular complexity index is 664. The Morgan fingerprint density at radius 3 is 3.00 bits per heavy atom. The molecule has 0 atom stereocenters. The van der Waals surface area contributed by atoms with Crippen LogP contribution in [0, 0.1) is 0 Å². The third-order valence-electron chi connectivity index (χ3n) is 3.09. The lowest BCUT2D eigenvalue weighted by atomic mass is 10.2. The summed E-state index contributed by atoms with van der Waals surface area (Å²) < 4.78 is 7.16. The van der Waals surface area contributed by atoms with Gasteiger partial charge in [0, 0.05) is 18.8 Å². The first-order valence-electron chi connectivity index (χ1n) is 6.69. The van der Waals surface area contributed by atoms with Gasteiger partial charge >= 0.3 is 0 Å². The molecule has 3 rings (SSSR count). The molecule has 0 unspecified atom stereocenters. The van der Waals surface area contributed by atoms with Crippen LogP contribution in [0.4, 0.5) is 0 Å². The molecule has 0 spiro atoms. The zero-order valence-electron chi connectivity index (χ0n) is 11.8. The minimum absolute atomic E-state index is 0.689. The fraction of sp³-hybridized carbons (Fsp3) is 0.286. The molecular formula is C14H16N6O. The quantitative estimate of drug-likeness (QED) is 0.682. The van der Waals surface area contributed by atoms with Crippen molar-refractivity contribution in [3.8, 4) is 11.4 Å². The maximum absolute atomic E-state index is 5.36. The fourth-order valence-electron chi connectivity index (χ4n) is 1.99. The number of nitrogens with zero attached hydrogens (tertiary/aromatic N) is 6. The third kappa shape index (κ3) is 3.51. The highest BCUT2D eigenvalue weighted by Crippen LogP contribution is 2.16. The van der Waals surface area contributed by atoms with Crippen molar-refractivity contribution in [2.45, 2.75) is 13.1 Å². The fourth-order valence-corrected chi connectivity index (χ4v) is 1.99. The van der Waals surface area contributed by atoms with E-state index < -0.39 is 0 Å². The lowest BCUT2D eigenvalue weighted by Crippen LogP contribution is -2.22. The minimum atomic E-state index is 0.689. The lowest BCUT2D eigenvalue weighted by molar-refractivity contribution is 0.261. The second kappa shape index (κ2) is 6.27. The highest BCUT2D eigenvalue weighted by molar-refractivity contribution is 5.52. The van der Waals surface area contributed by atoms with Gasteiger partial charge in [0.25, 0.3) is 0 Å². The van der Waals surface area contributed by atoms with E-state index in [4.69, 9.17) is 4.52 Å². The zero-order valence-corrected chi connectivity index (χ0v) is 11.8. The summed E-state index contributed by atoms with van der Waals surface area (Å²) in [5.74, 6) is 0.816. The van der Waals surface area contributed by atoms with Crippen LogP contribution in [0.1, 0.15) is 5.76 Å². The van der Waals surface area contributed by atoms with Crippen molar-refractivity contribution in [1.29, 1.82) is 0 Å². The molecule has 0 amide bonds. The number of hydrogen-bond acceptors (Lipinski definition) is 6. The Labute approximate surface area is 122 Å². The SMILES string of the molecule is CN(CCn1cncn1)Cc1cc(-c2ccccn2)no1.